The summed E-state index contributed by atoms with van der Waals surface area (Å²) >= 11 is 0. The predicted molar refractivity (Wildman–Crippen MR) is 191 cm³/mol. The Kier molecular flexibility index (Phi) is 10.5. The van der Waals surface area contributed by atoms with Gasteiger partial charge in [0.25, 0.3) is 0 Å². The molecule has 8 heteroatoms. The predicted octanol–water partition coefficient (Wildman–Crippen LogP) is 7.56. The fourth-order valence-corrected chi connectivity index (χ4v) is 8.61. The van der Waals surface area contributed by atoms with E-state index in [1.165, 1.54) is 23.3 Å². The third kappa shape index (κ3) is 7.28. The number of halogens is 1. The maximum atomic E-state index is 14.3. The van der Waals surface area contributed by atoms with Gasteiger partial charge in [-0.15, -0.1) is 0 Å². The molecule has 7 rings (SSSR count). The van der Waals surface area contributed by atoms with Crippen molar-refractivity contribution in [1.29, 1.82) is 0 Å². The van der Waals surface area contributed by atoms with Gasteiger partial charge in [0, 0.05) is 31.6 Å². The van der Waals surface area contributed by atoms with E-state index in [1.807, 2.05) is 42.5 Å². The topological polar surface area (TPSA) is 79.3 Å². The van der Waals surface area contributed by atoms with Crippen molar-refractivity contribution in [3.63, 3.8) is 0 Å². The molecular weight excluding hydrogens is 631 g/mol. The molecular formula is C42H47FN2O5. The number of carbonyl (C=O) groups is 2. The van der Waals surface area contributed by atoms with Crippen LogP contribution in [0.1, 0.15) is 63.0 Å². The number of carbonyl (C=O) groups excluding carboxylic acids is 2. The molecule has 3 saturated heterocycles. The number of phenolic OH excluding ortho intramolecular Hbond substituents is 1. The van der Waals surface area contributed by atoms with E-state index in [4.69, 9.17) is 9.47 Å². The number of rotatable bonds is 12. The number of para-hydroxylation sites is 1. The van der Waals surface area contributed by atoms with Crippen molar-refractivity contribution in [3.05, 3.63) is 113 Å². The minimum absolute atomic E-state index is 0.0304. The molecule has 50 heavy (non-hydrogen) atoms. The SMILES string of the molecule is CCC/C(=C\c1ccc(O)c(F)c1)CC[C@H]1OC[C@H]2C1=C(COc1ccccc1)C[C@H]1C(=O)N(C3CCN(Cc4ccccc4)CC3)C(=O)[C@H]12. The zero-order valence-corrected chi connectivity index (χ0v) is 28.8. The van der Waals surface area contributed by atoms with Gasteiger partial charge in [0.1, 0.15) is 12.4 Å². The highest BCUT2D eigenvalue weighted by molar-refractivity contribution is 6.06. The number of phenols is 1. The normalized spacial score (nSPS) is 24.5. The first-order chi connectivity index (χ1) is 24.4. The van der Waals surface area contributed by atoms with Gasteiger partial charge < -0.3 is 14.6 Å². The Morgan fingerprint density at radius 3 is 2.42 bits per heavy atom. The second-order valence-electron chi connectivity index (χ2n) is 14.3. The van der Waals surface area contributed by atoms with Gasteiger partial charge in [0.15, 0.2) is 11.6 Å². The second-order valence-corrected chi connectivity index (χ2v) is 14.3. The number of hydrogen-bond acceptors (Lipinski definition) is 6. The number of hydrogen-bond donors (Lipinski definition) is 1. The molecule has 0 radical (unpaired) electrons. The highest BCUT2D eigenvalue weighted by atomic mass is 19.1. The fraction of sp³-hybridized carbons (Fsp3) is 0.429. The number of fused-ring (bicyclic) bond motifs is 3. The third-order valence-corrected chi connectivity index (χ3v) is 11.0. The van der Waals surface area contributed by atoms with Gasteiger partial charge in [-0.3, -0.25) is 19.4 Å². The smallest absolute Gasteiger partial charge is 0.234 e. The molecule has 3 aromatic rings. The fourth-order valence-electron chi connectivity index (χ4n) is 8.61. The number of imide groups is 1. The first-order valence-corrected chi connectivity index (χ1v) is 18.2. The average Bonchev–Trinajstić information content (AvgIpc) is 3.67. The third-order valence-electron chi connectivity index (χ3n) is 11.0. The summed E-state index contributed by atoms with van der Waals surface area (Å²) in [6, 6.07) is 24.5. The highest BCUT2D eigenvalue weighted by Crippen LogP contribution is 2.51. The molecule has 0 bridgehead atoms. The summed E-state index contributed by atoms with van der Waals surface area (Å²) in [6.07, 6.45) is 7.16. The summed E-state index contributed by atoms with van der Waals surface area (Å²) in [5.41, 5.74) is 5.38. The van der Waals surface area contributed by atoms with Crippen molar-refractivity contribution in [2.24, 2.45) is 17.8 Å². The lowest BCUT2D eigenvalue weighted by atomic mass is 9.69. The molecule has 262 valence electrons. The largest absolute Gasteiger partial charge is 0.505 e. The monoisotopic (exact) mass is 678 g/mol. The van der Waals surface area contributed by atoms with E-state index in [1.54, 1.807) is 11.0 Å². The van der Waals surface area contributed by atoms with Gasteiger partial charge in [0.05, 0.1) is 24.5 Å². The number of benzene rings is 3. The van der Waals surface area contributed by atoms with Crippen molar-refractivity contribution in [2.45, 2.75) is 70.6 Å². The van der Waals surface area contributed by atoms with Crippen LogP contribution >= 0.6 is 0 Å². The van der Waals surface area contributed by atoms with Crippen LogP contribution in [0.15, 0.2) is 95.6 Å². The van der Waals surface area contributed by atoms with Gasteiger partial charge in [-0.1, -0.05) is 79.6 Å². The summed E-state index contributed by atoms with van der Waals surface area (Å²) < 4.78 is 26.9. The van der Waals surface area contributed by atoms with Crippen LogP contribution in [-0.4, -0.2) is 65.2 Å². The number of nitrogens with zero attached hydrogens (tertiary/aromatic N) is 2. The molecule has 3 heterocycles. The van der Waals surface area contributed by atoms with E-state index in [-0.39, 0.29) is 35.6 Å². The van der Waals surface area contributed by atoms with E-state index >= 15 is 0 Å². The number of ether oxygens (including phenoxy) is 2. The minimum Gasteiger partial charge on any atom is -0.505 e. The average molecular weight is 679 g/mol. The van der Waals surface area contributed by atoms with Crippen LogP contribution in [0.2, 0.25) is 0 Å². The van der Waals surface area contributed by atoms with Gasteiger partial charge in [-0.05, 0) is 85.1 Å². The Morgan fingerprint density at radius 1 is 0.960 bits per heavy atom. The number of piperidine rings is 1. The zero-order chi connectivity index (χ0) is 34.6. The van der Waals surface area contributed by atoms with Crippen molar-refractivity contribution >= 4 is 17.9 Å². The van der Waals surface area contributed by atoms with E-state index in [0.29, 0.717) is 25.2 Å². The highest BCUT2D eigenvalue weighted by Gasteiger charge is 2.58. The molecule has 0 aromatic heterocycles. The first-order valence-electron chi connectivity index (χ1n) is 18.2. The molecule has 0 spiro atoms. The summed E-state index contributed by atoms with van der Waals surface area (Å²) in [6.45, 7) is 5.46. The van der Waals surface area contributed by atoms with E-state index in [2.05, 4.69) is 36.1 Å². The Hall–Kier alpha value is -4.27. The Morgan fingerprint density at radius 2 is 1.70 bits per heavy atom. The summed E-state index contributed by atoms with van der Waals surface area (Å²) in [4.78, 5) is 32.5. The maximum Gasteiger partial charge on any atom is 0.234 e. The summed E-state index contributed by atoms with van der Waals surface area (Å²) in [5.74, 6) is -1.24. The van der Waals surface area contributed by atoms with Gasteiger partial charge in [0.2, 0.25) is 11.8 Å². The van der Waals surface area contributed by atoms with Crippen molar-refractivity contribution in [2.75, 3.05) is 26.3 Å². The van der Waals surface area contributed by atoms with E-state index in [0.717, 1.165) is 75.1 Å². The second kappa shape index (κ2) is 15.3. The van der Waals surface area contributed by atoms with Crippen LogP contribution < -0.4 is 4.74 Å². The Labute approximate surface area is 294 Å². The maximum absolute atomic E-state index is 14.3. The molecule has 0 unspecified atom stereocenters. The Balaban J connectivity index is 1.09. The lowest BCUT2D eigenvalue weighted by Gasteiger charge is -2.36. The molecule has 0 saturated carbocycles. The number of amides is 2. The van der Waals surface area contributed by atoms with Crippen LogP contribution in [-0.2, 0) is 20.9 Å². The summed E-state index contributed by atoms with van der Waals surface area (Å²) in [5, 5.41) is 9.65. The number of aromatic hydroxyl groups is 1. The first kappa shape index (κ1) is 34.2. The standard InChI is InChI=1S/C42H47FN2O5/c1-2-9-28(22-30-14-16-37(46)36(43)23-30)15-17-38-39-31(26-49-33-12-7-4-8-13-33)24-34-40(35(39)27-50-38)42(48)45(41(34)47)32-18-20-44(21-19-32)25-29-10-5-3-6-11-29/h3-8,10-14,16,22-23,32,34-35,38,40,46H,2,9,15,17-21,24-27H2,1H3/b28-22+/t34-,35+,38-,40-/m1/s1. The molecule has 4 aliphatic rings. The molecule has 1 aliphatic carbocycles. The summed E-state index contributed by atoms with van der Waals surface area (Å²) in [7, 11) is 0. The van der Waals surface area contributed by atoms with E-state index < -0.39 is 17.7 Å². The number of allylic oxidation sites excluding steroid dienone is 1. The molecule has 3 fully saturated rings. The van der Waals surface area contributed by atoms with Crippen molar-refractivity contribution in [1.82, 2.24) is 9.80 Å². The van der Waals surface area contributed by atoms with Gasteiger partial charge in [-0.25, -0.2) is 4.39 Å². The zero-order valence-electron chi connectivity index (χ0n) is 28.8. The van der Waals surface area contributed by atoms with Crippen LogP contribution in [0.4, 0.5) is 4.39 Å². The molecule has 3 aliphatic heterocycles. The molecule has 4 atom stereocenters. The van der Waals surface area contributed by atoms with E-state index in [9.17, 15) is 19.1 Å². The molecule has 7 nitrogen and oxygen atoms in total. The van der Waals surface area contributed by atoms with Crippen LogP contribution in [0, 0.1) is 23.6 Å². The molecule has 2 amide bonds. The van der Waals surface area contributed by atoms with Crippen LogP contribution in [0.3, 0.4) is 0 Å². The Bertz CT molecular complexity index is 1730. The van der Waals surface area contributed by atoms with Crippen LogP contribution in [0.5, 0.6) is 11.5 Å². The van der Waals surface area contributed by atoms with Gasteiger partial charge in [-0.2, -0.15) is 0 Å². The minimum atomic E-state index is -0.635. The number of likely N-dealkylation sites (tertiary alicyclic amines) is 2. The lowest BCUT2D eigenvalue weighted by molar-refractivity contribution is -0.144. The lowest BCUT2D eigenvalue weighted by Crippen LogP contribution is -2.47. The van der Waals surface area contributed by atoms with Crippen molar-refractivity contribution < 1.29 is 28.6 Å². The quantitative estimate of drug-likeness (QED) is 0.157. The molecule has 1 N–H and O–H groups in total. The van der Waals surface area contributed by atoms with Gasteiger partial charge >= 0.3 is 0 Å². The van der Waals surface area contributed by atoms with Crippen molar-refractivity contribution in [3.8, 4) is 11.5 Å². The van der Waals surface area contributed by atoms with Crippen LogP contribution in [0.25, 0.3) is 6.08 Å². The molecule has 3 aromatic carbocycles.